The summed E-state index contributed by atoms with van der Waals surface area (Å²) >= 11 is 1.16. The van der Waals surface area contributed by atoms with Gasteiger partial charge in [0.25, 0.3) is 0 Å². The van der Waals surface area contributed by atoms with Gasteiger partial charge in [-0.3, -0.25) is 32.5 Å². The Morgan fingerprint density at radius 3 is 1.78 bits per heavy atom. The van der Waals surface area contributed by atoms with Crippen molar-refractivity contribution in [3.8, 4) is 0 Å². The van der Waals surface area contributed by atoms with E-state index in [1.807, 2.05) is 0 Å². The van der Waals surface area contributed by atoms with Gasteiger partial charge in [-0.15, -0.1) is 0 Å². The lowest BCUT2D eigenvalue weighted by Gasteiger charge is -2.30. The van der Waals surface area contributed by atoms with Gasteiger partial charge in [0.1, 0.15) is 36.3 Å². The van der Waals surface area contributed by atoms with Crippen LogP contribution >= 0.6 is 35.2 Å². The SMILES string of the molecule is CC(C)CCCCCCCCCCCCCCCCCCCCCCCCCC(=O)SCCNC(=O)CCNC(=O)[C@@H](O)C(C)(C)COP(=O)(O)OP(=O)(O)OC[C@@H]1O[C@H](n2cnc3c(N)ncnc32)[C@@H](O)[C@H]1OP(=O)(O)O. The van der Waals surface area contributed by atoms with Crippen molar-refractivity contribution in [3.05, 3.63) is 12.7 Å². The molecule has 0 aromatic carbocycles. The third-order valence-corrected chi connectivity index (χ3v) is 17.5. The molecule has 0 aliphatic carbocycles. The molecule has 450 valence electrons. The number of carbonyl (C=O) groups is 3. The zero-order valence-electron chi connectivity index (χ0n) is 46.3. The lowest BCUT2D eigenvalue weighted by molar-refractivity contribution is -0.137. The van der Waals surface area contributed by atoms with Gasteiger partial charge < -0.3 is 50.9 Å². The molecule has 2 aromatic heterocycles. The summed E-state index contributed by atoms with van der Waals surface area (Å²) in [6.07, 6.45) is 25.3. The van der Waals surface area contributed by atoms with E-state index in [-0.39, 0.29) is 41.6 Å². The van der Waals surface area contributed by atoms with Crippen molar-refractivity contribution in [2.75, 3.05) is 37.8 Å². The van der Waals surface area contributed by atoms with E-state index in [1.54, 1.807) is 0 Å². The fourth-order valence-corrected chi connectivity index (χ4v) is 12.5. The zero-order valence-corrected chi connectivity index (χ0v) is 49.8. The van der Waals surface area contributed by atoms with Crippen molar-refractivity contribution in [1.82, 2.24) is 30.2 Å². The summed E-state index contributed by atoms with van der Waals surface area (Å²) in [6.45, 7) is 5.22. The minimum Gasteiger partial charge on any atom is -0.386 e. The maximum atomic E-state index is 12.8. The fourth-order valence-electron chi connectivity index (χ4n) is 8.90. The van der Waals surface area contributed by atoms with Crippen LogP contribution in [0, 0.1) is 11.3 Å². The molecule has 1 aliphatic heterocycles. The second-order valence-corrected chi connectivity index (χ2v) is 26.7. The number of phosphoric acid groups is 3. The maximum Gasteiger partial charge on any atom is 0.481 e. The maximum absolute atomic E-state index is 12.8. The van der Waals surface area contributed by atoms with E-state index in [0.717, 1.165) is 54.2 Å². The molecule has 7 atom stereocenters. The van der Waals surface area contributed by atoms with Gasteiger partial charge in [0, 0.05) is 37.1 Å². The van der Waals surface area contributed by atoms with Crippen LogP contribution in [0.25, 0.3) is 11.2 Å². The molecule has 3 rings (SSSR count). The van der Waals surface area contributed by atoms with Crippen molar-refractivity contribution in [1.29, 1.82) is 0 Å². The van der Waals surface area contributed by atoms with Gasteiger partial charge in [0.15, 0.2) is 22.8 Å². The highest BCUT2D eigenvalue weighted by atomic mass is 32.2. The Bertz CT molecular complexity index is 2210. The molecular weight excluding hydrogens is 1100 g/mol. The predicted molar refractivity (Wildman–Crippen MR) is 297 cm³/mol. The Hall–Kier alpha value is -2.44. The Morgan fingerprint density at radius 1 is 0.744 bits per heavy atom. The number of anilines is 1. The van der Waals surface area contributed by atoms with E-state index in [9.17, 15) is 57.9 Å². The minimum absolute atomic E-state index is 0.0348. The number of rotatable bonds is 45. The molecule has 2 amide bonds. The Morgan fingerprint density at radius 2 is 1.26 bits per heavy atom. The number of hydrogen-bond donors (Lipinski definition) is 9. The van der Waals surface area contributed by atoms with Crippen LogP contribution in [0.2, 0.25) is 0 Å². The number of ether oxygens (including phenoxy) is 1. The number of unbranched alkanes of at least 4 members (excludes halogenated alkanes) is 22. The molecule has 1 saturated heterocycles. The first-order valence-corrected chi connectivity index (χ1v) is 33.5. The normalized spacial score (nSPS) is 19.0. The van der Waals surface area contributed by atoms with Crippen LogP contribution in [-0.2, 0) is 50.7 Å². The Balaban J connectivity index is 1.17. The van der Waals surface area contributed by atoms with Gasteiger partial charge in [-0.05, 0) is 12.3 Å². The second kappa shape index (κ2) is 36.9. The summed E-state index contributed by atoms with van der Waals surface area (Å²) in [6, 6.07) is 0. The van der Waals surface area contributed by atoms with Crippen LogP contribution in [0.4, 0.5) is 5.82 Å². The van der Waals surface area contributed by atoms with Crippen molar-refractivity contribution in [2.24, 2.45) is 11.3 Å². The first-order chi connectivity index (χ1) is 36.9. The molecule has 0 spiro atoms. The van der Waals surface area contributed by atoms with Crippen molar-refractivity contribution >= 4 is 69.1 Å². The number of aliphatic hydroxyl groups excluding tert-OH is 2. The summed E-state index contributed by atoms with van der Waals surface area (Å²) < 4.78 is 62.6. The zero-order chi connectivity index (χ0) is 57.6. The standard InChI is InChI=1S/C50H92N7O17P3S/c1-38(2)28-26-24-22-20-18-16-14-12-10-8-6-5-7-9-11-13-15-17-19-21-23-25-27-29-41(59)78-33-32-52-40(58)30-31-53-48(62)45(61)50(3,4)35-71-77(68,69)74-76(66,67)70-34-39-44(73-75(63,64)65)43(60)49(72-39)57-37-56-42-46(51)54-36-55-47(42)57/h36-39,43-45,49,60-61H,5-35H2,1-4H3,(H,52,58)(H,53,62)(H,66,67)(H,68,69)(H2,51,54,55)(H2,63,64,65)/t39-,43-,44-,45+,49-/m0/s1. The highest BCUT2D eigenvalue weighted by Gasteiger charge is 2.50. The van der Waals surface area contributed by atoms with Crippen LogP contribution in [0.5, 0.6) is 0 Å². The van der Waals surface area contributed by atoms with Gasteiger partial charge in [-0.1, -0.05) is 187 Å². The molecule has 0 radical (unpaired) electrons. The number of nitrogen functional groups attached to an aromatic ring is 1. The average Bonchev–Trinajstić information content (AvgIpc) is 3.93. The van der Waals surface area contributed by atoms with Gasteiger partial charge >= 0.3 is 23.5 Å². The lowest BCUT2D eigenvalue weighted by Crippen LogP contribution is -2.46. The smallest absolute Gasteiger partial charge is 0.386 e. The molecule has 24 nitrogen and oxygen atoms in total. The monoisotopic (exact) mass is 1190 g/mol. The van der Waals surface area contributed by atoms with E-state index >= 15 is 0 Å². The molecule has 1 fully saturated rings. The molecule has 2 unspecified atom stereocenters. The first-order valence-electron chi connectivity index (χ1n) is 28.0. The van der Waals surface area contributed by atoms with E-state index < -0.39 is 84.6 Å². The number of nitrogens with two attached hydrogens (primary N) is 1. The number of aromatic nitrogens is 4. The number of nitrogens with one attached hydrogen (secondary N) is 2. The van der Waals surface area contributed by atoms with Gasteiger partial charge in [-0.2, -0.15) is 4.31 Å². The largest absolute Gasteiger partial charge is 0.481 e. The summed E-state index contributed by atoms with van der Waals surface area (Å²) in [4.78, 5) is 88.7. The number of thioether (sulfide) groups is 1. The summed E-state index contributed by atoms with van der Waals surface area (Å²) in [5.41, 5.74) is 4.30. The molecule has 3 heterocycles. The molecule has 10 N–H and O–H groups in total. The highest BCUT2D eigenvalue weighted by molar-refractivity contribution is 8.13. The molecule has 2 aromatic rings. The van der Waals surface area contributed by atoms with E-state index in [0.29, 0.717) is 12.2 Å². The van der Waals surface area contributed by atoms with Gasteiger partial charge in [0.2, 0.25) is 11.8 Å². The second-order valence-electron chi connectivity index (χ2n) is 21.4. The van der Waals surface area contributed by atoms with Crippen molar-refractivity contribution in [2.45, 2.75) is 225 Å². The van der Waals surface area contributed by atoms with E-state index in [1.165, 1.54) is 149 Å². The molecule has 78 heavy (non-hydrogen) atoms. The van der Waals surface area contributed by atoms with Gasteiger partial charge in [0.05, 0.1) is 19.5 Å². The lowest BCUT2D eigenvalue weighted by atomic mass is 9.87. The van der Waals surface area contributed by atoms with Crippen LogP contribution in [0.15, 0.2) is 12.7 Å². The number of nitrogens with zero attached hydrogens (tertiary/aromatic N) is 4. The van der Waals surface area contributed by atoms with E-state index in [2.05, 4.69) is 48.3 Å². The van der Waals surface area contributed by atoms with Crippen molar-refractivity contribution in [3.63, 3.8) is 0 Å². The topological polar surface area (TPSA) is 364 Å². The van der Waals surface area contributed by atoms with Crippen LogP contribution in [0.3, 0.4) is 0 Å². The molecule has 0 bridgehead atoms. The van der Waals surface area contributed by atoms with Gasteiger partial charge in [-0.25, -0.2) is 28.6 Å². The quantitative estimate of drug-likeness (QED) is 0.0220. The predicted octanol–water partition coefficient (Wildman–Crippen LogP) is 9.07. The number of amides is 2. The summed E-state index contributed by atoms with van der Waals surface area (Å²) in [5, 5.41) is 26.8. The number of aliphatic hydroxyl groups is 2. The van der Waals surface area contributed by atoms with E-state index in [4.69, 9.17) is 19.5 Å². The number of phosphoric ester groups is 3. The number of imidazole rings is 1. The number of hydrogen-bond acceptors (Lipinski definition) is 18. The minimum atomic E-state index is -5.58. The highest BCUT2D eigenvalue weighted by Crippen LogP contribution is 2.61. The molecule has 28 heteroatoms. The summed E-state index contributed by atoms with van der Waals surface area (Å²) in [7, 11) is -16.4. The molecule has 1 aliphatic rings. The Labute approximate surface area is 465 Å². The third kappa shape index (κ3) is 29.0. The molecular formula is C50H92N7O17P3S. The number of fused-ring (bicyclic) bond motifs is 1. The fraction of sp³-hybridized carbons (Fsp3) is 0.840. The third-order valence-electron chi connectivity index (χ3n) is 13.4. The summed E-state index contributed by atoms with van der Waals surface area (Å²) in [5.74, 6) is -0.165. The first kappa shape index (κ1) is 69.8. The Kier molecular flexibility index (Phi) is 33.0. The van der Waals surface area contributed by atoms with Crippen molar-refractivity contribution < 1.29 is 80.5 Å². The van der Waals surface area contributed by atoms with Crippen LogP contribution in [0.1, 0.15) is 201 Å². The van der Waals surface area contributed by atoms with Crippen LogP contribution < -0.4 is 16.4 Å². The molecule has 0 saturated carbocycles. The van der Waals surface area contributed by atoms with Crippen LogP contribution in [-0.4, -0.2) is 123 Å². The average molecular weight is 1190 g/mol. The number of carbonyl (C=O) groups excluding carboxylic acids is 3.